The standard InChI is InChI=1S/C89H174O17P2/c1-8-9-10-11-12-13-14-15-16-17-18-19-20-21-26-29-34-39-44-49-58-65-72-88(93)105-84(76-99-86(91)70-63-56-48-43-38-33-28-25-23-22-24-27-31-36-41-46-53-60-67-80(2)3)78-103-107(95,96)101-74-83(90)75-102-108(97,98)104-79-85(77-100-87(92)71-64-57-52-51-55-62-69-82(6)7)106-89(94)73-66-59-50-45-40-35-30-32-37-42-47-54-61-68-81(4)5/h80-85,90H,8-79H2,1-7H3,(H,95,96)(H,97,98)/t83-,84-,85-/m1/s1. The van der Waals surface area contributed by atoms with E-state index < -0.39 is 97.5 Å². The maximum Gasteiger partial charge on any atom is 0.472 e. The predicted molar refractivity (Wildman–Crippen MR) is 446 cm³/mol. The van der Waals surface area contributed by atoms with Gasteiger partial charge in [0.1, 0.15) is 19.3 Å². The molecule has 108 heavy (non-hydrogen) atoms. The number of aliphatic hydroxyl groups is 1. The highest BCUT2D eigenvalue weighted by Crippen LogP contribution is 2.45. The van der Waals surface area contributed by atoms with Crippen LogP contribution in [0.5, 0.6) is 0 Å². The van der Waals surface area contributed by atoms with E-state index in [9.17, 15) is 43.2 Å². The molecular weight excluding hydrogens is 1400 g/mol. The number of carbonyl (C=O) groups excluding carboxylic acids is 4. The van der Waals surface area contributed by atoms with Crippen molar-refractivity contribution < 1.29 is 80.2 Å². The number of carbonyl (C=O) groups is 4. The molecule has 2 unspecified atom stereocenters. The number of esters is 4. The van der Waals surface area contributed by atoms with Gasteiger partial charge in [-0.2, -0.15) is 0 Å². The molecule has 0 radical (unpaired) electrons. The Labute approximate surface area is 664 Å². The number of rotatable bonds is 87. The fraction of sp³-hybridized carbons (Fsp3) is 0.955. The molecule has 0 aromatic rings. The van der Waals surface area contributed by atoms with Gasteiger partial charge in [0.15, 0.2) is 12.2 Å². The summed E-state index contributed by atoms with van der Waals surface area (Å²) in [6.07, 6.45) is 71.2. The van der Waals surface area contributed by atoms with Gasteiger partial charge < -0.3 is 33.8 Å². The van der Waals surface area contributed by atoms with Gasteiger partial charge in [-0.3, -0.25) is 37.3 Å². The summed E-state index contributed by atoms with van der Waals surface area (Å²) in [5.74, 6) is 0.184. The SMILES string of the molecule is CCCCCCCCCCCCCCCCCCCCCCCCC(=O)O[C@H](COC(=O)CCCCCCCCCCCCCCCCCCCCC(C)C)COP(=O)(O)OC[C@@H](O)COP(=O)(O)OC[C@@H](COC(=O)CCCCCCCCC(C)C)OC(=O)CCCCCCCCCCCCCCCC(C)C. The molecule has 5 atom stereocenters. The summed E-state index contributed by atoms with van der Waals surface area (Å²) < 4.78 is 68.9. The molecule has 0 bridgehead atoms. The molecule has 0 saturated heterocycles. The van der Waals surface area contributed by atoms with E-state index in [1.54, 1.807) is 0 Å². The summed E-state index contributed by atoms with van der Waals surface area (Å²) in [4.78, 5) is 73.2. The molecule has 0 aliphatic carbocycles. The summed E-state index contributed by atoms with van der Waals surface area (Å²) in [5, 5.41) is 10.7. The molecule has 0 aliphatic rings. The second kappa shape index (κ2) is 78.9. The van der Waals surface area contributed by atoms with Gasteiger partial charge in [-0.15, -0.1) is 0 Å². The van der Waals surface area contributed by atoms with Crippen molar-refractivity contribution in [1.82, 2.24) is 0 Å². The summed E-state index contributed by atoms with van der Waals surface area (Å²) in [6, 6.07) is 0. The van der Waals surface area contributed by atoms with E-state index in [1.165, 1.54) is 276 Å². The highest BCUT2D eigenvalue weighted by molar-refractivity contribution is 7.47. The van der Waals surface area contributed by atoms with E-state index in [-0.39, 0.29) is 25.7 Å². The van der Waals surface area contributed by atoms with Gasteiger partial charge in [0, 0.05) is 25.7 Å². The van der Waals surface area contributed by atoms with Gasteiger partial charge in [-0.25, -0.2) is 9.13 Å². The zero-order valence-electron chi connectivity index (χ0n) is 71.3. The Morgan fingerprint density at radius 1 is 0.250 bits per heavy atom. The quantitative estimate of drug-likeness (QED) is 0.0222. The Balaban J connectivity index is 5.20. The number of aliphatic hydroxyl groups excluding tert-OH is 1. The molecule has 0 fully saturated rings. The van der Waals surface area contributed by atoms with Gasteiger partial charge in [0.2, 0.25) is 0 Å². The van der Waals surface area contributed by atoms with Gasteiger partial charge in [0.05, 0.1) is 26.4 Å². The molecule has 0 spiro atoms. The van der Waals surface area contributed by atoms with Crippen LogP contribution in [0.25, 0.3) is 0 Å². The lowest BCUT2D eigenvalue weighted by atomic mass is 10.0. The highest BCUT2D eigenvalue weighted by atomic mass is 31.2. The molecule has 0 saturated carbocycles. The van der Waals surface area contributed by atoms with Crippen molar-refractivity contribution in [2.75, 3.05) is 39.6 Å². The Hall–Kier alpha value is -1.94. The third-order valence-corrected chi connectivity index (χ3v) is 22.8. The Bertz CT molecular complexity index is 2080. The first kappa shape index (κ1) is 106. The molecule has 0 amide bonds. The van der Waals surface area contributed by atoms with Crippen molar-refractivity contribution in [3.8, 4) is 0 Å². The summed E-state index contributed by atoms with van der Waals surface area (Å²) in [6.45, 7) is 12.0. The van der Waals surface area contributed by atoms with Crippen LogP contribution in [0, 0.1) is 17.8 Å². The van der Waals surface area contributed by atoms with E-state index in [0.717, 1.165) is 108 Å². The number of phosphoric ester groups is 2. The summed E-state index contributed by atoms with van der Waals surface area (Å²) in [7, 11) is -9.93. The van der Waals surface area contributed by atoms with Crippen LogP contribution >= 0.6 is 15.6 Å². The van der Waals surface area contributed by atoms with Crippen molar-refractivity contribution in [2.45, 2.75) is 491 Å². The van der Waals surface area contributed by atoms with Crippen LogP contribution in [0.4, 0.5) is 0 Å². The van der Waals surface area contributed by atoms with Crippen LogP contribution in [0.15, 0.2) is 0 Å². The molecule has 0 rings (SSSR count). The minimum absolute atomic E-state index is 0.106. The molecule has 0 aliphatic heterocycles. The topological polar surface area (TPSA) is 237 Å². The third kappa shape index (κ3) is 82.1. The Morgan fingerprint density at radius 3 is 0.630 bits per heavy atom. The van der Waals surface area contributed by atoms with Crippen LogP contribution < -0.4 is 0 Å². The first-order valence-electron chi connectivity index (χ1n) is 45.8. The average molecular weight is 1580 g/mol. The predicted octanol–water partition coefficient (Wildman–Crippen LogP) is 27.3. The van der Waals surface area contributed by atoms with E-state index >= 15 is 0 Å². The summed E-state index contributed by atoms with van der Waals surface area (Å²) in [5.41, 5.74) is 0. The average Bonchev–Trinajstić information content (AvgIpc) is 0.898. The smallest absolute Gasteiger partial charge is 0.462 e. The van der Waals surface area contributed by atoms with Crippen molar-refractivity contribution in [3.05, 3.63) is 0 Å². The van der Waals surface area contributed by atoms with E-state index in [1.807, 2.05) is 0 Å². The zero-order chi connectivity index (χ0) is 79.3. The van der Waals surface area contributed by atoms with Gasteiger partial charge >= 0.3 is 39.5 Å². The first-order chi connectivity index (χ1) is 52.2. The minimum atomic E-state index is -4.97. The number of phosphoric acid groups is 2. The van der Waals surface area contributed by atoms with Gasteiger partial charge in [-0.05, 0) is 43.4 Å². The van der Waals surface area contributed by atoms with Crippen molar-refractivity contribution >= 4 is 39.5 Å². The van der Waals surface area contributed by atoms with Crippen LogP contribution in [0.3, 0.4) is 0 Å². The lowest BCUT2D eigenvalue weighted by Gasteiger charge is -2.21. The fourth-order valence-electron chi connectivity index (χ4n) is 13.9. The molecule has 0 aromatic carbocycles. The second-order valence-electron chi connectivity index (χ2n) is 33.4. The van der Waals surface area contributed by atoms with E-state index in [2.05, 4.69) is 48.5 Å². The maximum atomic E-state index is 13.2. The normalized spacial score (nSPS) is 13.8. The highest BCUT2D eigenvalue weighted by Gasteiger charge is 2.31. The maximum absolute atomic E-state index is 13.2. The molecule has 0 aromatic heterocycles. The lowest BCUT2D eigenvalue weighted by molar-refractivity contribution is -0.161. The fourth-order valence-corrected chi connectivity index (χ4v) is 15.5. The summed E-state index contributed by atoms with van der Waals surface area (Å²) >= 11 is 0. The van der Waals surface area contributed by atoms with Crippen LogP contribution in [0.1, 0.15) is 472 Å². The number of hydrogen-bond donors (Lipinski definition) is 3. The van der Waals surface area contributed by atoms with Crippen molar-refractivity contribution in [3.63, 3.8) is 0 Å². The minimum Gasteiger partial charge on any atom is -0.462 e. The third-order valence-electron chi connectivity index (χ3n) is 20.9. The van der Waals surface area contributed by atoms with Crippen LogP contribution in [-0.4, -0.2) is 96.7 Å². The van der Waals surface area contributed by atoms with Crippen LogP contribution in [-0.2, 0) is 65.4 Å². The number of unbranched alkanes of at least 4 members (excludes halogenated alkanes) is 55. The lowest BCUT2D eigenvalue weighted by Crippen LogP contribution is -2.30. The van der Waals surface area contributed by atoms with Gasteiger partial charge in [-0.1, -0.05) is 421 Å². The molecular formula is C89H174O17P2. The monoisotopic (exact) mass is 1580 g/mol. The van der Waals surface area contributed by atoms with Gasteiger partial charge in [0.25, 0.3) is 0 Å². The van der Waals surface area contributed by atoms with Crippen LogP contribution in [0.2, 0.25) is 0 Å². The molecule has 3 N–H and O–H groups in total. The largest absolute Gasteiger partial charge is 0.472 e. The number of ether oxygens (including phenoxy) is 4. The van der Waals surface area contributed by atoms with Crippen molar-refractivity contribution in [1.29, 1.82) is 0 Å². The molecule has 642 valence electrons. The molecule has 17 nitrogen and oxygen atoms in total. The van der Waals surface area contributed by atoms with E-state index in [0.29, 0.717) is 31.6 Å². The van der Waals surface area contributed by atoms with Crippen molar-refractivity contribution in [2.24, 2.45) is 17.8 Å². The molecule has 19 heteroatoms. The Kier molecular flexibility index (Phi) is 77.5. The molecule has 0 heterocycles. The zero-order valence-corrected chi connectivity index (χ0v) is 73.1. The number of hydrogen-bond acceptors (Lipinski definition) is 15. The Morgan fingerprint density at radius 2 is 0.426 bits per heavy atom. The second-order valence-corrected chi connectivity index (χ2v) is 36.3. The van der Waals surface area contributed by atoms with E-state index in [4.69, 9.17) is 37.0 Å². The first-order valence-corrected chi connectivity index (χ1v) is 48.8.